The van der Waals surface area contributed by atoms with E-state index in [1.54, 1.807) is 23.4 Å². The van der Waals surface area contributed by atoms with Gasteiger partial charge in [-0.25, -0.2) is 9.50 Å². The molecule has 6 bridgehead atoms. The molecule has 3 aromatic carbocycles. The van der Waals surface area contributed by atoms with Crippen LogP contribution in [0.25, 0.3) is 16.8 Å². The first-order valence-electron chi connectivity index (χ1n) is 23.3. The van der Waals surface area contributed by atoms with E-state index in [0.717, 1.165) is 97.1 Å². The minimum Gasteiger partial charge on any atom is -0.508 e. The average Bonchev–Trinajstić information content (AvgIpc) is 4.08. The number of aryl methyl sites for hydroxylation is 1. The molecule has 3 aromatic heterocycles. The van der Waals surface area contributed by atoms with Gasteiger partial charge in [0.25, 0.3) is 5.91 Å². The largest absolute Gasteiger partial charge is 0.508 e. The van der Waals surface area contributed by atoms with Crippen LogP contribution in [-0.2, 0) is 40.4 Å². The first-order valence-corrected chi connectivity index (χ1v) is 23.3. The highest BCUT2D eigenvalue weighted by molar-refractivity contribution is 5.97. The molecule has 0 unspecified atom stereocenters. The number of fused-ring (bicyclic) bond motifs is 9. The van der Waals surface area contributed by atoms with Gasteiger partial charge in [-0.1, -0.05) is 32.0 Å². The van der Waals surface area contributed by atoms with E-state index in [1.807, 2.05) is 70.5 Å². The molecule has 0 radical (unpaired) electrons. The van der Waals surface area contributed by atoms with E-state index in [2.05, 4.69) is 43.4 Å². The van der Waals surface area contributed by atoms with Gasteiger partial charge < -0.3 is 39.5 Å². The molecule has 2 amide bonds. The van der Waals surface area contributed by atoms with Crippen molar-refractivity contribution in [2.24, 2.45) is 0 Å². The predicted molar refractivity (Wildman–Crippen MR) is 252 cm³/mol. The number of phenolic OH excluding ortho intramolecular Hbond substituents is 2. The lowest BCUT2D eigenvalue weighted by Gasteiger charge is -2.35. The Kier molecular flexibility index (Phi) is 14.3. The summed E-state index contributed by atoms with van der Waals surface area (Å²) in [6.45, 7) is 13.9. The van der Waals surface area contributed by atoms with Crippen molar-refractivity contribution in [2.75, 3.05) is 84.2 Å². The normalized spacial score (nSPS) is 15.9. The number of piperazine rings is 1. The number of benzene rings is 3. The van der Waals surface area contributed by atoms with E-state index in [0.29, 0.717) is 77.1 Å². The Bertz CT molecular complexity index is 2660. The third-order valence-electron chi connectivity index (χ3n) is 12.8. The topological polar surface area (TPSA) is 175 Å². The maximum Gasteiger partial charge on any atom is 0.258 e. The van der Waals surface area contributed by atoms with Crippen LogP contribution in [0.1, 0.15) is 65.2 Å². The first kappa shape index (κ1) is 45.6. The smallest absolute Gasteiger partial charge is 0.258 e. The molecule has 6 aromatic rings. The molecule has 17 nitrogen and oxygen atoms in total. The molecule has 67 heavy (non-hydrogen) atoms. The molecule has 0 saturated carbocycles. The van der Waals surface area contributed by atoms with Gasteiger partial charge >= 0.3 is 0 Å². The number of carbonyl (C=O) groups is 2. The number of hydrogen-bond donors (Lipinski definition) is 3. The summed E-state index contributed by atoms with van der Waals surface area (Å²) in [7, 11) is 0. The molecular weight excluding hydrogens is 853 g/mol. The Morgan fingerprint density at radius 2 is 1.60 bits per heavy atom. The summed E-state index contributed by atoms with van der Waals surface area (Å²) in [4.78, 5) is 39.4. The molecule has 1 fully saturated rings. The second kappa shape index (κ2) is 21.0. The van der Waals surface area contributed by atoms with Gasteiger partial charge in [-0.15, -0.1) is 5.10 Å². The third-order valence-corrected chi connectivity index (χ3v) is 12.8. The van der Waals surface area contributed by atoms with Crippen LogP contribution in [0, 0.1) is 0 Å². The molecule has 3 N–H and O–H groups in total. The van der Waals surface area contributed by atoms with E-state index in [-0.39, 0.29) is 34.8 Å². The molecule has 4 aliphatic rings. The van der Waals surface area contributed by atoms with Crippen LogP contribution in [0.2, 0.25) is 0 Å². The van der Waals surface area contributed by atoms with Crippen LogP contribution in [0.3, 0.4) is 0 Å². The van der Waals surface area contributed by atoms with Crippen LogP contribution in [0.4, 0.5) is 11.6 Å². The monoisotopic (exact) mass is 912 g/mol. The van der Waals surface area contributed by atoms with Crippen molar-refractivity contribution in [1.82, 2.24) is 44.0 Å². The van der Waals surface area contributed by atoms with Gasteiger partial charge in [0.05, 0.1) is 67.7 Å². The van der Waals surface area contributed by atoms with Crippen LogP contribution >= 0.6 is 0 Å². The zero-order chi connectivity index (χ0) is 46.3. The fraction of sp³-hybridized carbons (Fsp3) is 0.420. The number of amides is 2. The molecule has 352 valence electrons. The zero-order valence-corrected chi connectivity index (χ0v) is 38.3. The zero-order valence-electron chi connectivity index (χ0n) is 38.3. The maximum absolute atomic E-state index is 13.5. The van der Waals surface area contributed by atoms with Crippen LogP contribution in [-0.4, -0.2) is 145 Å². The molecule has 4 aliphatic heterocycles. The van der Waals surface area contributed by atoms with E-state index < -0.39 is 0 Å². The van der Waals surface area contributed by atoms with Crippen molar-refractivity contribution in [3.05, 3.63) is 113 Å². The quantitative estimate of drug-likeness (QED) is 0.117. The van der Waals surface area contributed by atoms with Gasteiger partial charge in [0.15, 0.2) is 0 Å². The molecule has 0 atom stereocenters. The van der Waals surface area contributed by atoms with Gasteiger partial charge in [-0.2, -0.15) is 5.10 Å². The summed E-state index contributed by atoms with van der Waals surface area (Å²) in [5, 5.41) is 33.3. The van der Waals surface area contributed by atoms with Crippen molar-refractivity contribution in [1.29, 1.82) is 0 Å². The molecule has 10 rings (SSSR count). The predicted octanol–water partition coefficient (Wildman–Crippen LogP) is 5.88. The number of rotatable bonds is 13. The van der Waals surface area contributed by atoms with Gasteiger partial charge in [-0.05, 0) is 77.1 Å². The molecular formula is C50H60N10O7. The van der Waals surface area contributed by atoms with Gasteiger partial charge in [-0.3, -0.25) is 24.1 Å². The molecule has 17 heteroatoms. The number of hydrogen-bond acceptors (Lipinski definition) is 13. The van der Waals surface area contributed by atoms with E-state index >= 15 is 0 Å². The van der Waals surface area contributed by atoms with Gasteiger partial charge in [0.1, 0.15) is 23.9 Å². The minimum atomic E-state index is -0.255. The molecule has 7 heterocycles. The fourth-order valence-corrected chi connectivity index (χ4v) is 9.00. The second-order valence-electron chi connectivity index (χ2n) is 17.8. The van der Waals surface area contributed by atoms with Crippen molar-refractivity contribution in [3.8, 4) is 28.5 Å². The van der Waals surface area contributed by atoms with Crippen molar-refractivity contribution >= 4 is 29.0 Å². The summed E-state index contributed by atoms with van der Waals surface area (Å²) in [6, 6.07) is 21.4. The molecule has 0 aliphatic carbocycles. The Morgan fingerprint density at radius 1 is 0.791 bits per heavy atom. The Hall–Kier alpha value is -6.53. The molecule has 1 saturated heterocycles. The summed E-state index contributed by atoms with van der Waals surface area (Å²) >= 11 is 0. The number of aromatic hydroxyl groups is 2. The van der Waals surface area contributed by atoms with E-state index in [4.69, 9.17) is 19.3 Å². The number of nitrogens with one attached hydrogen (secondary N) is 1. The van der Waals surface area contributed by atoms with Crippen molar-refractivity contribution < 1.29 is 34.0 Å². The number of anilines is 2. The highest BCUT2D eigenvalue weighted by Gasteiger charge is 2.28. The fourth-order valence-electron chi connectivity index (χ4n) is 9.00. The minimum absolute atomic E-state index is 0.00822. The summed E-state index contributed by atoms with van der Waals surface area (Å²) in [5.74, 6) is 0.936. The lowest BCUT2D eigenvalue weighted by molar-refractivity contribution is -0.134. The first-order chi connectivity index (χ1) is 32.6. The van der Waals surface area contributed by atoms with Crippen LogP contribution in [0.15, 0.2) is 85.3 Å². The highest BCUT2D eigenvalue weighted by atomic mass is 16.5. The van der Waals surface area contributed by atoms with Gasteiger partial charge in [0, 0.05) is 89.8 Å². The Morgan fingerprint density at radius 3 is 2.42 bits per heavy atom. The SMILES string of the molecule is CC(C)c1cc(C(=O)N2Cc3ccc(CN4CCN(C(=O)CCOCCOCCN5CCCn6cc(cn6)Nc6ncc7ccc(n7n6)-c6ccc(cc6)OCC5)CC4)cc3C2)c(O)cc1O. The average molecular weight is 913 g/mol. The number of carbonyl (C=O) groups excluding carboxylic acids is 2. The number of ether oxygens (including phenoxy) is 3. The number of nitrogens with zero attached hydrogens (tertiary/aromatic N) is 9. The Balaban J connectivity index is 0.666. The number of aromatic nitrogens is 5. The molecule has 0 spiro atoms. The van der Waals surface area contributed by atoms with Crippen LogP contribution < -0.4 is 10.1 Å². The van der Waals surface area contributed by atoms with E-state index in [1.165, 1.54) is 6.07 Å². The van der Waals surface area contributed by atoms with Crippen molar-refractivity contribution in [2.45, 2.75) is 58.8 Å². The Labute approximate surface area is 390 Å². The standard InChI is InChI=1S/C50H60N10O7/c1-35(2)43-27-44(47(62)28-46(43)61)49(64)58-32-38-5-4-36(26-39(38)33-58)31-56-15-17-57(18-16-56)48(63)12-21-65-24-25-66-22-19-55-13-3-14-59-34-40(29-52-59)53-50-51-30-41-8-11-45(60(41)54-50)37-6-9-42(10-7-37)67-23-20-55/h4-11,26-30,34-35,61-62H,3,12-25,31-33H2,1-2H3,(H,53,54). The van der Waals surface area contributed by atoms with Crippen LogP contribution in [0.5, 0.6) is 17.2 Å². The number of phenols is 2. The van der Waals surface area contributed by atoms with Gasteiger partial charge in [0.2, 0.25) is 11.9 Å². The second-order valence-corrected chi connectivity index (χ2v) is 17.8. The van der Waals surface area contributed by atoms with E-state index in [9.17, 15) is 19.8 Å². The highest BCUT2D eigenvalue weighted by Crippen LogP contribution is 2.35. The summed E-state index contributed by atoms with van der Waals surface area (Å²) < 4.78 is 21.8. The lowest BCUT2D eigenvalue weighted by Crippen LogP contribution is -2.48. The maximum atomic E-state index is 13.5. The third kappa shape index (κ3) is 11.2. The summed E-state index contributed by atoms with van der Waals surface area (Å²) in [6.07, 6.45) is 6.80. The van der Waals surface area contributed by atoms with Crippen molar-refractivity contribution in [3.63, 3.8) is 0 Å². The summed E-state index contributed by atoms with van der Waals surface area (Å²) in [5.41, 5.74) is 7.91. The lowest BCUT2D eigenvalue weighted by atomic mass is 9.98.